The van der Waals surface area contributed by atoms with Crippen molar-refractivity contribution in [3.8, 4) is 11.3 Å². The number of methoxy groups -OCH3 is 1. The van der Waals surface area contributed by atoms with Gasteiger partial charge >= 0.3 is 5.97 Å². The molecule has 0 aliphatic carbocycles. The number of hydrogen-bond donors (Lipinski definition) is 0. The zero-order chi connectivity index (χ0) is 15.0. The van der Waals surface area contributed by atoms with Gasteiger partial charge in [0, 0.05) is 24.1 Å². The van der Waals surface area contributed by atoms with Crippen molar-refractivity contribution >= 4 is 28.9 Å². The lowest BCUT2D eigenvalue weighted by atomic mass is 10.1. The molecular weight excluding hydrogens is 312 g/mol. The molecule has 2 aromatic rings. The van der Waals surface area contributed by atoms with Gasteiger partial charge in [0.25, 0.3) is 0 Å². The van der Waals surface area contributed by atoms with Gasteiger partial charge in [-0.05, 0) is 19.4 Å². The summed E-state index contributed by atoms with van der Waals surface area (Å²) >= 11 is 7.67. The molecule has 0 amide bonds. The quantitative estimate of drug-likeness (QED) is 0.810. The van der Waals surface area contributed by atoms with Crippen LogP contribution in [0.3, 0.4) is 0 Å². The predicted octanol–water partition coefficient (Wildman–Crippen LogP) is 3.53. The Labute approximate surface area is 131 Å². The van der Waals surface area contributed by atoms with E-state index in [0.717, 1.165) is 29.1 Å². The minimum Gasteiger partial charge on any atom is -0.462 e. The van der Waals surface area contributed by atoms with Crippen LogP contribution in [0.1, 0.15) is 34.0 Å². The summed E-state index contributed by atoms with van der Waals surface area (Å²) in [5, 5.41) is 4.88. The lowest BCUT2D eigenvalue weighted by molar-refractivity contribution is 0.0532. The molecule has 1 atom stereocenters. The summed E-state index contributed by atoms with van der Waals surface area (Å²) in [5.41, 5.74) is 1.76. The van der Waals surface area contributed by atoms with Gasteiger partial charge in [-0.25, -0.2) is 4.79 Å². The number of nitrogens with zero attached hydrogens (tertiary/aromatic N) is 2. The molecule has 7 heteroatoms. The van der Waals surface area contributed by atoms with E-state index in [2.05, 4.69) is 5.10 Å². The predicted molar refractivity (Wildman–Crippen MR) is 80.9 cm³/mol. The van der Waals surface area contributed by atoms with E-state index in [0.29, 0.717) is 16.5 Å². The second kappa shape index (κ2) is 5.79. The van der Waals surface area contributed by atoms with Gasteiger partial charge in [-0.3, -0.25) is 4.68 Å². The third kappa shape index (κ3) is 2.47. The summed E-state index contributed by atoms with van der Waals surface area (Å²) in [4.78, 5) is 13.5. The number of carbonyl (C=O) groups is 1. The maximum Gasteiger partial charge on any atom is 0.348 e. The van der Waals surface area contributed by atoms with E-state index < -0.39 is 0 Å². The Morgan fingerprint density at radius 3 is 3.14 bits per heavy atom. The molecule has 0 spiro atoms. The molecule has 0 aromatic carbocycles. The average molecular weight is 327 g/mol. The highest BCUT2D eigenvalue weighted by atomic mass is 35.5. The smallest absolute Gasteiger partial charge is 0.348 e. The molecule has 1 aliphatic rings. The van der Waals surface area contributed by atoms with Crippen molar-refractivity contribution in [1.29, 1.82) is 0 Å². The Morgan fingerprint density at radius 1 is 1.62 bits per heavy atom. The van der Waals surface area contributed by atoms with Gasteiger partial charge in [0.1, 0.15) is 4.88 Å². The van der Waals surface area contributed by atoms with Crippen LogP contribution in [0.15, 0.2) is 12.3 Å². The van der Waals surface area contributed by atoms with Crippen molar-refractivity contribution in [2.24, 2.45) is 0 Å². The van der Waals surface area contributed by atoms with Gasteiger partial charge in [-0.15, -0.1) is 11.3 Å². The number of esters is 1. The molecule has 0 saturated carbocycles. The first-order valence-corrected chi connectivity index (χ1v) is 7.90. The lowest BCUT2D eigenvalue weighted by Crippen LogP contribution is -2.05. The minimum atomic E-state index is -0.312. The molecule has 2 aromatic heterocycles. The molecule has 21 heavy (non-hydrogen) atoms. The Morgan fingerprint density at radius 2 is 2.43 bits per heavy atom. The highest BCUT2D eigenvalue weighted by Gasteiger charge is 2.29. The van der Waals surface area contributed by atoms with Crippen molar-refractivity contribution in [1.82, 2.24) is 9.78 Å². The van der Waals surface area contributed by atoms with Crippen LogP contribution in [0.25, 0.3) is 11.3 Å². The molecule has 0 fully saturated rings. The summed E-state index contributed by atoms with van der Waals surface area (Å²) in [6, 6.07) is 1.83. The molecule has 0 radical (unpaired) electrons. The number of thiophene rings is 1. The van der Waals surface area contributed by atoms with Gasteiger partial charge in [0.05, 0.1) is 29.6 Å². The molecule has 1 aliphatic heterocycles. The van der Waals surface area contributed by atoms with Gasteiger partial charge < -0.3 is 9.47 Å². The highest BCUT2D eigenvalue weighted by Crippen LogP contribution is 2.43. The standard InChI is InChI=1S/C14H15ClN2O3S/c1-3-20-14(18)11-6-8-12-9(15)7-16-17(12)5-4-10(19-2)13(8)21-11/h6-7,10H,3-5H2,1-2H3. The molecule has 0 N–H and O–H groups in total. The van der Waals surface area contributed by atoms with Crippen molar-refractivity contribution < 1.29 is 14.3 Å². The van der Waals surface area contributed by atoms with E-state index in [9.17, 15) is 4.79 Å². The Hall–Kier alpha value is -1.37. The van der Waals surface area contributed by atoms with E-state index in [1.165, 1.54) is 11.3 Å². The molecule has 0 bridgehead atoms. The summed E-state index contributed by atoms with van der Waals surface area (Å²) in [6.45, 7) is 2.88. The van der Waals surface area contributed by atoms with Crippen molar-refractivity contribution in [2.45, 2.75) is 26.0 Å². The fourth-order valence-corrected chi connectivity index (χ4v) is 3.94. The summed E-state index contributed by atoms with van der Waals surface area (Å²) in [6.07, 6.45) is 2.36. The van der Waals surface area contributed by atoms with Gasteiger partial charge in [0.2, 0.25) is 0 Å². The lowest BCUT2D eigenvalue weighted by Gasteiger charge is -2.11. The fourth-order valence-electron chi connectivity index (χ4n) is 2.53. The van der Waals surface area contributed by atoms with E-state index in [-0.39, 0.29) is 12.1 Å². The zero-order valence-corrected chi connectivity index (χ0v) is 13.3. The van der Waals surface area contributed by atoms with E-state index in [1.54, 1.807) is 20.2 Å². The van der Waals surface area contributed by atoms with Crippen molar-refractivity contribution in [3.63, 3.8) is 0 Å². The number of aryl methyl sites for hydroxylation is 1. The first-order valence-electron chi connectivity index (χ1n) is 6.71. The molecule has 5 nitrogen and oxygen atoms in total. The second-order valence-electron chi connectivity index (χ2n) is 4.69. The van der Waals surface area contributed by atoms with E-state index in [4.69, 9.17) is 21.1 Å². The number of ether oxygens (including phenoxy) is 2. The summed E-state index contributed by atoms with van der Waals surface area (Å²) < 4.78 is 12.5. The van der Waals surface area contributed by atoms with Crippen LogP contribution in [0.4, 0.5) is 0 Å². The number of fused-ring (bicyclic) bond motifs is 3. The average Bonchev–Trinajstić information content (AvgIpc) is 3.01. The monoisotopic (exact) mass is 326 g/mol. The third-order valence-electron chi connectivity index (χ3n) is 3.47. The minimum absolute atomic E-state index is 0.0639. The number of rotatable bonds is 3. The normalized spacial score (nSPS) is 17.0. The van der Waals surface area contributed by atoms with Crippen molar-refractivity contribution in [2.75, 3.05) is 13.7 Å². The summed E-state index contributed by atoms with van der Waals surface area (Å²) in [5.74, 6) is -0.312. The van der Waals surface area contributed by atoms with Gasteiger partial charge in [-0.1, -0.05) is 11.6 Å². The van der Waals surface area contributed by atoms with Crippen LogP contribution in [0, 0.1) is 0 Å². The SMILES string of the molecule is CCOC(=O)c1cc2c(s1)C(OC)CCn1ncc(Cl)c1-2. The van der Waals surface area contributed by atoms with Crippen LogP contribution >= 0.6 is 22.9 Å². The third-order valence-corrected chi connectivity index (χ3v) is 4.95. The van der Waals surface area contributed by atoms with Crippen LogP contribution < -0.4 is 0 Å². The van der Waals surface area contributed by atoms with Crippen LogP contribution in [-0.4, -0.2) is 29.5 Å². The zero-order valence-electron chi connectivity index (χ0n) is 11.8. The largest absolute Gasteiger partial charge is 0.462 e. The molecule has 3 heterocycles. The summed E-state index contributed by atoms with van der Waals surface area (Å²) in [7, 11) is 1.67. The molecule has 3 rings (SSSR count). The first kappa shape index (κ1) is 14.6. The molecule has 112 valence electrons. The number of carbonyl (C=O) groups excluding carboxylic acids is 1. The number of aromatic nitrogens is 2. The molecule has 0 saturated heterocycles. The van der Waals surface area contributed by atoms with Crippen LogP contribution in [0.5, 0.6) is 0 Å². The Balaban J connectivity index is 2.13. The topological polar surface area (TPSA) is 53.4 Å². The van der Waals surface area contributed by atoms with Gasteiger partial charge in [-0.2, -0.15) is 5.10 Å². The second-order valence-corrected chi connectivity index (χ2v) is 6.18. The van der Waals surface area contributed by atoms with Crippen molar-refractivity contribution in [3.05, 3.63) is 27.0 Å². The van der Waals surface area contributed by atoms with Crippen LogP contribution in [-0.2, 0) is 16.0 Å². The number of halogens is 1. The van der Waals surface area contributed by atoms with Gasteiger partial charge in [0.15, 0.2) is 0 Å². The highest BCUT2D eigenvalue weighted by molar-refractivity contribution is 7.14. The van der Waals surface area contributed by atoms with Crippen LogP contribution in [0.2, 0.25) is 5.02 Å². The first-order chi connectivity index (χ1) is 10.2. The fraction of sp³-hybridized carbons (Fsp3) is 0.429. The Bertz CT molecular complexity index is 680. The molecular formula is C14H15ClN2O3S. The maximum absolute atomic E-state index is 12.0. The number of hydrogen-bond acceptors (Lipinski definition) is 5. The Kier molecular flexibility index (Phi) is 4.01. The van der Waals surface area contributed by atoms with E-state index >= 15 is 0 Å². The maximum atomic E-state index is 12.0. The van der Waals surface area contributed by atoms with E-state index in [1.807, 2.05) is 10.7 Å². The molecule has 1 unspecified atom stereocenters.